The Morgan fingerprint density at radius 3 is 2.58 bits per heavy atom. The lowest BCUT2D eigenvalue weighted by atomic mass is 10.2. The maximum Gasteiger partial charge on any atom is 0.334 e. The number of carbonyl (C=O) groups is 2. The number of rotatable bonds is 5. The van der Waals surface area contributed by atoms with Crippen LogP contribution >= 0.6 is 11.6 Å². The number of hydrogen-bond donors (Lipinski definition) is 3. The smallest absolute Gasteiger partial charge is 0.334 e. The molecule has 1 aromatic carbocycles. The van der Waals surface area contributed by atoms with Crippen LogP contribution in [-0.4, -0.2) is 39.7 Å². The Balaban J connectivity index is 2.82. The molecule has 0 radical (unpaired) electrons. The lowest BCUT2D eigenvalue weighted by molar-refractivity contribution is -0.384. The Morgan fingerprint density at radius 1 is 1.42 bits per heavy atom. The molecule has 0 aliphatic heterocycles. The normalized spacial score (nSPS) is 11.7. The van der Waals surface area contributed by atoms with E-state index in [2.05, 4.69) is 5.32 Å². The van der Waals surface area contributed by atoms with Gasteiger partial charge in [0.25, 0.3) is 11.6 Å². The standard InChI is InChI=1S/C10H9ClN2O6/c11-6-1-5(2-7(3-6)13(18)19)9(15)12-4-8(14)10(16)17/h1-3,8,14H,4H2,(H,12,15)(H,16,17)/t8-/m0/s1. The molecule has 0 aliphatic rings. The predicted molar refractivity (Wildman–Crippen MR) is 64.1 cm³/mol. The number of aliphatic hydroxyl groups is 1. The highest BCUT2D eigenvalue weighted by molar-refractivity contribution is 6.31. The molecule has 102 valence electrons. The minimum absolute atomic E-state index is 0.00173. The van der Waals surface area contributed by atoms with Gasteiger partial charge in [0, 0.05) is 22.7 Å². The minimum Gasteiger partial charge on any atom is -0.479 e. The van der Waals surface area contributed by atoms with E-state index in [4.69, 9.17) is 21.8 Å². The molecule has 1 rings (SSSR count). The van der Waals surface area contributed by atoms with Crippen molar-refractivity contribution < 1.29 is 24.7 Å². The van der Waals surface area contributed by atoms with Crippen LogP contribution in [0.25, 0.3) is 0 Å². The van der Waals surface area contributed by atoms with Crippen LogP contribution < -0.4 is 5.32 Å². The molecule has 0 saturated carbocycles. The molecule has 0 heterocycles. The predicted octanol–water partition coefficient (Wildman–Crippen LogP) is 0.423. The first kappa shape index (κ1) is 14.9. The fraction of sp³-hybridized carbons (Fsp3) is 0.200. The average Bonchev–Trinajstić information content (AvgIpc) is 2.34. The van der Waals surface area contributed by atoms with Gasteiger partial charge in [0.05, 0.1) is 11.5 Å². The van der Waals surface area contributed by atoms with E-state index in [0.717, 1.165) is 12.1 Å². The molecule has 0 bridgehead atoms. The first-order chi connectivity index (χ1) is 8.81. The zero-order chi connectivity index (χ0) is 14.6. The number of carbonyl (C=O) groups excluding carboxylic acids is 1. The first-order valence-corrected chi connectivity index (χ1v) is 5.33. The van der Waals surface area contributed by atoms with Gasteiger partial charge in [-0.25, -0.2) is 4.79 Å². The fourth-order valence-electron chi connectivity index (χ4n) is 1.19. The fourth-order valence-corrected chi connectivity index (χ4v) is 1.42. The summed E-state index contributed by atoms with van der Waals surface area (Å²) in [5.41, 5.74) is -0.465. The van der Waals surface area contributed by atoms with Gasteiger partial charge in [0.2, 0.25) is 0 Å². The highest BCUT2D eigenvalue weighted by Crippen LogP contribution is 2.20. The van der Waals surface area contributed by atoms with Crippen molar-refractivity contribution in [1.82, 2.24) is 5.32 Å². The van der Waals surface area contributed by atoms with E-state index in [1.807, 2.05) is 0 Å². The van der Waals surface area contributed by atoms with E-state index in [9.17, 15) is 19.7 Å². The van der Waals surface area contributed by atoms with Crippen molar-refractivity contribution in [2.75, 3.05) is 6.54 Å². The molecular weight excluding hydrogens is 280 g/mol. The number of halogens is 1. The maximum atomic E-state index is 11.6. The van der Waals surface area contributed by atoms with E-state index in [1.165, 1.54) is 6.07 Å². The number of hydrogen-bond acceptors (Lipinski definition) is 5. The SMILES string of the molecule is O=C(NC[C@H](O)C(=O)O)c1cc(Cl)cc([N+](=O)[O-])c1. The van der Waals surface area contributed by atoms with Crippen molar-refractivity contribution in [2.45, 2.75) is 6.10 Å². The lowest BCUT2D eigenvalue weighted by Crippen LogP contribution is -2.36. The summed E-state index contributed by atoms with van der Waals surface area (Å²) in [6, 6.07) is 3.26. The molecule has 0 fully saturated rings. The van der Waals surface area contributed by atoms with Crippen molar-refractivity contribution in [1.29, 1.82) is 0 Å². The van der Waals surface area contributed by atoms with Crippen LogP contribution in [0.4, 0.5) is 5.69 Å². The van der Waals surface area contributed by atoms with E-state index < -0.39 is 29.4 Å². The van der Waals surface area contributed by atoms with Gasteiger partial charge in [-0.05, 0) is 6.07 Å². The van der Waals surface area contributed by atoms with Crippen LogP contribution in [0, 0.1) is 10.1 Å². The summed E-state index contributed by atoms with van der Waals surface area (Å²) in [4.78, 5) is 31.8. The first-order valence-electron chi connectivity index (χ1n) is 4.95. The molecule has 0 saturated heterocycles. The number of amides is 1. The quantitative estimate of drug-likeness (QED) is 0.532. The van der Waals surface area contributed by atoms with Gasteiger partial charge in [-0.1, -0.05) is 11.6 Å². The number of carboxylic acids is 1. The number of nitrogens with zero attached hydrogens (tertiary/aromatic N) is 1. The molecule has 8 nitrogen and oxygen atoms in total. The van der Waals surface area contributed by atoms with E-state index in [-0.39, 0.29) is 16.3 Å². The number of nitro benzene ring substituents is 1. The van der Waals surface area contributed by atoms with Crippen molar-refractivity contribution in [3.63, 3.8) is 0 Å². The topological polar surface area (TPSA) is 130 Å². The second-order valence-electron chi connectivity index (χ2n) is 3.52. The number of aliphatic carboxylic acids is 1. The summed E-state index contributed by atoms with van der Waals surface area (Å²) in [5, 5.41) is 30.1. The lowest BCUT2D eigenvalue weighted by Gasteiger charge is -2.08. The summed E-state index contributed by atoms with van der Waals surface area (Å²) < 4.78 is 0. The number of benzene rings is 1. The molecule has 0 aliphatic carbocycles. The molecule has 1 aromatic rings. The summed E-state index contributed by atoms with van der Waals surface area (Å²) in [6.45, 7) is -0.519. The zero-order valence-electron chi connectivity index (χ0n) is 9.37. The number of non-ortho nitro benzene ring substituents is 1. The Bertz CT molecular complexity index is 533. The van der Waals surface area contributed by atoms with Gasteiger partial charge in [-0.15, -0.1) is 0 Å². The van der Waals surface area contributed by atoms with Crippen molar-refractivity contribution in [3.8, 4) is 0 Å². The number of aliphatic hydroxyl groups excluding tert-OH is 1. The summed E-state index contributed by atoms with van der Waals surface area (Å²) in [7, 11) is 0. The summed E-state index contributed by atoms with van der Waals surface area (Å²) in [5.74, 6) is -2.26. The van der Waals surface area contributed by atoms with Crippen LogP contribution in [0.2, 0.25) is 5.02 Å². The Labute approximate surface area is 111 Å². The molecule has 0 spiro atoms. The molecule has 19 heavy (non-hydrogen) atoms. The third kappa shape index (κ3) is 4.19. The third-order valence-electron chi connectivity index (χ3n) is 2.10. The van der Waals surface area contributed by atoms with Gasteiger partial charge in [-0.3, -0.25) is 14.9 Å². The van der Waals surface area contributed by atoms with Gasteiger partial charge >= 0.3 is 5.97 Å². The van der Waals surface area contributed by atoms with Crippen LogP contribution in [0.3, 0.4) is 0 Å². The summed E-state index contributed by atoms with van der Waals surface area (Å²) in [6.07, 6.45) is -1.75. The molecule has 0 aromatic heterocycles. The van der Waals surface area contributed by atoms with Crippen LogP contribution in [0.1, 0.15) is 10.4 Å². The zero-order valence-corrected chi connectivity index (χ0v) is 10.1. The van der Waals surface area contributed by atoms with Gasteiger partial charge in [0.1, 0.15) is 0 Å². The third-order valence-corrected chi connectivity index (χ3v) is 2.31. The van der Waals surface area contributed by atoms with E-state index in [1.54, 1.807) is 0 Å². The van der Waals surface area contributed by atoms with Crippen molar-refractivity contribution in [2.24, 2.45) is 0 Å². The monoisotopic (exact) mass is 288 g/mol. The highest BCUT2D eigenvalue weighted by Gasteiger charge is 2.17. The maximum absolute atomic E-state index is 11.6. The average molecular weight is 289 g/mol. The minimum atomic E-state index is -1.75. The summed E-state index contributed by atoms with van der Waals surface area (Å²) >= 11 is 5.62. The second-order valence-corrected chi connectivity index (χ2v) is 3.96. The number of carboxylic acid groups (broad SMARTS) is 1. The number of nitrogens with one attached hydrogen (secondary N) is 1. The molecule has 3 N–H and O–H groups in total. The van der Waals surface area contributed by atoms with E-state index in [0.29, 0.717) is 0 Å². The van der Waals surface area contributed by atoms with Gasteiger partial charge in [-0.2, -0.15) is 0 Å². The van der Waals surface area contributed by atoms with Gasteiger partial charge in [0.15, 0.2) is 6.10 Å². The molecule has 1 amide bonds. The number of nitro groups is 1. The van der Waals surface area contributed by atoms with Crippen LogP contribution in [0.5, 0.6) is 0 Å². The molecule has 0 unspecified atom stereocenters. The van der Waals surface area contributed by atoms with Crippen molar-refractivity contribution >= 4 is 29.2 Å². The Hall–Kier alpha value is -2.19. The second kappa shape index (κ2) is 6.12. The van der Waals surface area contributed by atoms with Crippen LogP contribution in [-0.2, 0) is 4.79 Å². The van der Waals surface area contributed by atoms with Gasteiger partial charge < -0.3 is 15.5 Å². The van der Waals surface area contributed by atoms with E-state index >= 15 is 0 Å². The van der Waals surface area contributed by atoms with Crippen LogP contribution in [0.15, 0.2) is 18.2 Å². The Kier molecular flexibility index (Phi) is 4.79. The highest BCUT2D eigenvalue weighted by atomic mass is 35.5. The Morgan fingerprint density at radius 2 is 2.05 bits per heavy atom. The largest absolute Gasteiger partial charge is 0.479 e. The molecular formula is C10H9ClN2O6. The molecule has 1 atom stereocenters. The van der Waals surface area contributed by atoms with Crippen molar-refractivity contribution in [3.05, 3.63) is 38.9 Å². The molecule has 9 heteroatoms.